The van der Waals surface area contributed by atoms with Gasteiger partial charge in [0.25, 0.3) is 0 Å². The van der Waals surface area contributed by atoms with Gasteiger partial charge in [0.1, 0.15) is 12.7 Å². The van der Waals surface area contributed by atoms with Crippen LogP contribution in [0.2, 0.25) is 5.02 Å². The number of aromatic nitrogens is 1. The summed E-state index contributed by atoms with van der Waals surface area (Å²) in [4.78, 5) is 9.34. The largest absolute Gasteiger partial charge is 0.494 e. The minimum atomic E-state index is -0.576. The third kappa shape index (κ3) is 5.36. The molecule has 0 spiro atoms. The van der Waals surface area contributed by atoms with Gasteiger partial charge in [0.15, 0.2) is 23.1 Å². The van der Waals surface area contributed by atoms with Crippen molar-refractivity contribution in [2.45, 2.75) is 0 Å². The predicted octanol–water partition coefficient (Wildman–Crippen LogP) is 5.44. The Hall–Kier alpha value is -3.84. The van der Waals surface area contributed by atoms with Crippen LogP contribution in [0.5, 0.6) is 17.2 Å². The van der Waals surface area contributed by atoms with Gasteiger partial charge in [-0.25, -0.2) is 4.39 Å². The Labute approximate surface area is 231 Å². The van der Waals surface area contributed by atoms with Gasteiger partial charge in [-0.1, -0.05) is 11.6 Å². The smallest absolute Gasteiger partial charge is 0.169 e. The van der Waals surface area contributed by atoms with Crippen LogP contribution in [0.3, 0.4) is 0 Å². The monoisotopic (exact) mass is 549 g/mol. The number of pyridine rings is 1. The Kier molecular flexibility index (Phi) is 7.89. The zero-order valence-corrected chi connectivity index (χ0v) is 22.8. The zero-order chi connectivity index (χ0) is 27.5. The lowest BCUT2D eigenvalue weighted by Crippen LogP contribution is -2.45. The molecule has 0 saturated carbocycles. The van der Waals surface area contributed by atoms with Crippen LogP contribution in [0.1, 0.15) is 5.56 Å². The van der Waals surface area contributed by atoms with Gasteiger partial charge < -0.3 is 24.4 Å². The van der Waals surface area contributed by atoms with Gasteiger partial charge in [0.05, 0.1) is 41.7 Å². The Morgan fingerprint density at radius 3 is 2.46 bits per heavy atom. The van der Waals surface area contributed by atoms with Gasteiger partial charge >= 0.3 is 0 Å². The van der Waals surface area contributed by atoms with Crippen LogP contribution in [0.4, 0.5) is 15.8 Å². The topological polar surface area (TPSA) is 82.9 Å². The predicted molar refractivity (Wildman–Crippen MR) is 151 cm³/mol. The van der Waals surface area contributed by atoms with E-state index in [4.69, 9.17) is 25.8 Å². The zero-order valence-electron chi connectivity index (χ0n) is 22.1. The third-order valence-corrected chi connectivity index (χ3v) is 7.35. The summed E-state index contributed by atoms with van der Waals surface area (Å²) in [7, 11) is 5.14. The number of hydrogen-bond donors (Lipinski definition) is 1. The Balaban J connectivity index is 1.53. The van der Waals surface area contributed by atoms with E-state index in [2.05, 4.69) is 33.2 Å². The molecule has 0 aliphatic carbocycles. The molecule has 1 fully saturated rings. The highest BCUT2D eigenvalue weighted by Crippen LogP contribution is 2.41. The van der Waals surface area contributed by atoms with Gasteiger partial charge in [0.2, 0.25) is 0 Å². The summed E-state index contributed by atoms with van der Waals surface area (Å²) in [5.41, 5.74) is 1.90. The van der Waals surface area contributed by atoms with E-state index in [1.807, 2.05) is 24.3 Å². The molecule has 0 atom stereocenters. The molecule has 0 unspecified atom stereocenters. The van der Waals surface area contributed by atoms with E-state index in [1.165, 1.54) is 25.4 Å². The van der Waals surface area contributed by atoms with E-state index in [0.717, 1.165) is 43.5 Å². The fourth-order valence-corrected chi connectivity index (χ4v) is 5.01. The van der Waals surface area contributed by atoms with Crippen molar-refractivity contribution < 1.29 is 18.6 Å². The van der Waals surface area contributed by atoms with Gasteiger partial charge in [-0.3, -0.25) is 9.88 Å². The van der Waals surface area contributed by atoms with Crippen molar-refractivity contribution in [1.82, 2.24) is 14.8 Å². The minimum absolute atomic E-state index is 0.0367. The number of halogens is 2. The van der Waals surface area contributed by atoms with Crippen LogP contribution in [0.15, 0.2) is 42.6 Å². The Morgan fingerprint density at radius 1 is 1.03 bits per heavy atom. The molecule has 8 nitrogen and oxygen atoms in total. The lowest BCUT2D eigenvalue weighted by Gasteiger charge is -2.32. The number of nitriles is 1. The number of nitrogens with zero attached hydrogens (tertiary/aromatic N) is 4. The first-order valence-corrected chi connectivity index (χ1v) is 13.0. The van der Waals surface area contributed by atoms with E-state index >= 15 is 0 Å². The van der Waals surface area contributed by atoms with Crippen molar-refractivity contribution in [3.63, 3.8) is 0 Å². The van der Waals surface area contributed by atoms with Gasteiger partial charge in [-0.05, 0) is 37.4 Å². The Bertz CT molecular complexity index is 1570. The molecule has 0 bridgehead atoms. The molecule has 2 heterocycles. The second-order valence-corrected chi connectivity index (χ2v) is 9.80. The molecule has 1 saturated heterocycles. The summed E-state index contributed by atoms with van der Waals surface area (Å²) in [5.74, 6) is 0.748. The molecule has 3 aromatic carbocycles. The number of benzene rings is 3. The summed E-state index contributed by atoms with van der Waals surface area (Å²) in [6, 6.07) is 12.4. The highest BCUT2D eigenvalue weighted by Gasteiger charge is 2.19. The molecular formula is C29H29ClFN5O3. The van der Waals surface area contributed by atoms with Crippen LogP contribution in [0, 0.1) is 17.1 Å². The summed E-state index contributed by atoms with van der Waals surface area (Å²) < 4.78 is 31.2. The fourth-order valence-electron chi connectivity index (χ4n) is 4.82. The van der Waals surface area contributed by atoms with Crippen LogP contribution >= 0.6 is 11.6 Å². The average Bonchev–Trinajstić information content (AvgIpc) is 2.95. The fraction of sp³-hybridized carbons (Fsp3) is 0.310. The number of methoxy groups -OCH3 is 2. The van der Waals surface area contributed by atoms with E-state index in [1.54, 1.807) is 7.11 Å². The molecular weight excluding hydrogens is 521 g/mol. The van der Waals surface area contributed by atoms with E-state index in [0.29, 0.717) is 45.9 Å². The summed E-state index contributed by atoms with van der Waals surface area (Å²) in [5, 5.41) is 15.6. The number of rotatable bonds is 8. The quantitative estimate of drug-likeness (QED) is 0.291. The lowest BCUT2D eigenvalue weighted by atomic mass is 10.0. The third-order valence-electron chi connectivity index (χ3n) is 7.04. The van der Waals surface area contributed by atoms with Crippen LogP contribution in [-0.2, 0) is 0 Å². The first-order chi connectivity index (χ1) is 18.9. The molecule has 4 aromatic rings. The number of piperazine rings is 1. The average molecular weight is 550 g/mol. The van der Waals surface area contributed by atoms with Gasteiger partial charge in [-0.2, -0.15) is 5.26 Å². The number of nitrogens with one attached hydrogen (secondary N) is 1. The van der Waals surface area contributed by atoms with Crippen molar-refractivity contribution in [3.05, 3.63) is 59.0 Å². The van der Waals surface area contributed by atoms with Crippen LogP contribution < -0.4 is 19.5 Å². The van der Waals surface area contributed by atoms with Crippen molar-refractivity contribution in [2.24, 2.45) is 0 Å². The SMILES string of the molecule is COc1cc(Nc2c(C#N)cnc3c2ccc2c(OCCN4CCN(C)CC4)c(OC)ccc23)c(Cl)cc1F. The highest BCUT2D eigenvalue weighted by atomic mass is 35.5. The van der Waals surface area contributed by atoms with Crippen molar-refractivity contribution in [1.29, 1.82) is 5.26 Å². The second kappa shape index (κ2) is 11.5. The maximum Gasteiger partial charge on any atom is 0.169 e. The second-order valence-electron chi connectivity index (χ2n) is 9.40. The molecule has 39 heavy (non-hydrogen) atoms. The number of hydrogen-bond acceptors (Lipinski definition) is 8. The van der Waals surface area contributed by atoms with Crippen LogP contribution in [-0.4, -0.2) is 75.4 Å². The van der Waals surface area contributed by atoms with Crippen LogP contribution in [0.25, 0.3) is 21.7 Å². The first kappa shape index (κ1) is 26.8. The van der Waals surface area contributed by atoms with Crippen molar-refractivity contribution in [3.8, 4) is 23.3 Å². The maximum atomic E-state index is 14.1. The first-order valence-electron chi connectivity index (χ1n) is 12.6. The molecule has 1 aliphatic heterocycles. The molecule has 202 valence electrons. The molecule has 1 aliphatic rings. The molecule has 1 N–H and O–H groups in total. The summed E-state index contributed by atoms with van der Waals surface area (Å²) in [6.45, 7) is 5.47. The highest BCUT2D eigenvalue weighted by molar-refractivity contribution is 6.33. The normalized spacial score (nSPS) is 14.4. The van der Waals surface area contributed by atoms with E-state index in [-0.39, 0.29) is 10.8 Å². The van der Waals surface area contributed by atoms with E-state index < -0.39 is 5.82 Å². The summed E-state index contributed by atoms with van der Waals surface area (Å²) >= 11 is 6.32. The molecule has 10 heteroatoms. The molecule has 5 rings (SSSR count). The minimum Gasteiger partial charge on any atom is -0.494 e. The Morgan fingerprint density at radius 2 is 1.74 bits per heavy atom. The van der Waals surface area contributed by atoms with Crippen molar-refractivity contribution in [2.75, 3.05) is 65.9 Å². The number of ether oxygens (including phenoxy) is 3. The number of anilines is 2. The van der Waals surface area contributed by atoms with Crippen molar-refractivity contribution >= 4 is 44.7 Å². The molecule has 1 aromatic heterocycles. The lowest BCUT2D eigenvalue weighted by molar-refractivity contribution is 0.133. The molecule has 0 radical (unpaired) electrons. The summed E-state index contributed by atoms with van der Waals surface area (Å²) in [6.07, 6.45) is 1.51. The molecule has 0 amide bonds. The standard InChI is InChI=1S/C29H29ClFN5O3/c1-35-8-10-36(11-9-35)12-13-39-29-20-4-5-21-27(34-24-15-26(38-3)23(31)14-22(24)30)18(16-32)17-33-28(21)19(20)6-7-25(29)37-2/h4-7,14-15,17H,8-13H2,1-3H3,(H,33,34). The van der Waals surface area contributed by atoms with Gasteiger partial charge in [0, 0.05) is 61.1 Å². The van der Waals surface area contributed by atoms with Gasteiger partial charge in [-0.15, -0.1) is 0 Å². The van der Waals surface area contributed by atoms with E-state index in [9.17, 15) is 9.65 Å². The number of likely N-dealkylation sites (N-methyl/N-ethyl adjacent to an activating group) is 1. The maximum absolute atomic E-state index is 14.1. The number of fused-ring (bicyclic) bond motifs is 3.